The van der Waals surface area contributed by atoms with Gasteiger partial charge in [0.05, 0.1) is 20.4 Å². The number of aromatic hydroxyl groups is 1. The summed E-state index contributed by atoms with van der Waals surface area (Å²) in [5.74, 6) is 2.55. The molecule has 2 atom stereocenters. The lowest BCUT2D eigenvalue weighted by atomic mass is 9.76. The van der Waals surface area contributed by atoms with Gasteiger partial charge in [-0.1, -0.05) is 24.3 Å². The molecular formula is C27H29FN2O4. The molecule has 3 aromatic rings. The lowest BCUT2D eigenvalue weighted by Gasteiger charge is -2.37. The molecule has 0 aliphatic carbocycles. The van der Waals surface area contributed by atoms with Gasteiger partial charge in [0.15, 0.2) is 0 Å². The van der Waals surface area contributed by atoms with E-state index in [1.54, 1.807) is 19.2 Å². The number of alkyl halides is 1. The highest BCUT2D eigenvalue weighted by molar-refractivity contribution is 5.50. The van der Waals surface area contributed by atoms with Crippen molar-refractivity contribution < 1.29 is 23.7 Å². The van der Waals surface area contributed by atoms with Crippen molar-refractivity contribution in [3.8, 4) is 23.1 Å². The fourth-order valence-electron chi connectivity index (χ4n) is 4.85. The predicted octanol–water partition coefficient (Wildman–Crippen LogP) is 4.38. The molecule has 2 aromatic carbocycles. The van der Waals surface area contributed by atoms with Crippen molar-refractivity contribution in [2.45, 2.75) is 11.8 Å². The summed E-state index contributed by atoms with van der Waals surface area (Å²) < 4.78 is 29.8. The number of halogens is 1. The third-order valence-corrected chi connectivity index (χ3v) is 6.72. The van der Waals surface area contributed by atoms with E-state index in [2.05, 4.69) is 22.0 Å². The molecule has 0 unspecified atom stereocenters. The van der Waals surface area contributed by atoms with Gasteiger partial charge < -0.3 is 19.3 Å². The number of methoxy groups -OCH3 is 1. The Morgan fingerprint density at radius 2 is 1.88 bits per heavy atom. The highest BCUT2D eigenvalue weighted by Crippen LogP contribution is 2.47. The minimum atomic E-state index is -0.235. The zero-order valence-corrected chi connectivity index (χ0v) is 19.2. The predicted molar refractivity (Wildman–Crippen MR) is 127 cm³/mol. The number of nitrogens with zero attached hydrogens (tertiary/aromatic N) is 2. The number of hydrogen-bond acceptors (Lipinski definition) is 6. The Labute approximate surface area is 198 Å². The SMILES string of the molecule is COc1ccc([C@@H]2COc3cc(O)ccc3[C@@H]2c2ccc(OCCN3CC(CF)C3)cc2)cn1. The van der Waals surface area contributed by atoms with Crippen molar-refractivity contribution in [1.29, 1.82) is 0 Å². The first-order valence-electron chi connectivity index (χ1n) is 11.6. The third-order valence-electron chi connectivity index (χ3n) is 6.72. The van der Waals surface area contributed by atoms with Gasteiger partial charge in [-0.15, -0.1) is 0 Å². The van der Waals surface area contributed by atoms with Gasteiger partial charge in [0.1, 0.15) is 23.9 Å². The number of rotatable bonds is 8. The standard InChI is InChI=1S/C27H29FN2O4/c1-32-26-9-4-20(14-29-26)24-17-34-25-12-21(31)5-8-23(25)27(24)19-2-6-22(7-3-19)33-11-10-30-15-18(13-28)16-30/h2-9,12,14,18,24,27,31H,10-11,13,15-17H2,1H3/t24-,27-/m0/s1. The normalized spacial score (nSPS) is 20.2. The second-order valence-corrected chi connectivity index (χ2v) is 8.95. The van der Waals surface area contributed by atoms with Crippen LogP contribution in [0.25, 0.3) is 0 Å². The molecular weight excluding hydrogens is 435 g/mol. The summed E-state index contributed by atoms with van der Waals surface area (Å²) in [7, 11) is 1.60. The Kier molecular flexibility index (Phi) is 6.54. The van der Waals surface area contributed by atoms with E-state index in [0.717, 1.165) is 42.1 Å². The fraction of sp³-hybridized carbons (Fsp3) is 0.370. The summed E-state index contributed by atoms with van der Waals surface area (Å²) in [6.45, 7) is 3.27. The Morgan fingerprint density at radius 1 is 1.09 bits per heavy atom. The van der Waals surface area contributed by atoms with E-state index in [1.807, 2.05) is 36.5 Å². The number of benzene rings is 2. The summed E-state index contributed by atoms with van der Waals surface area (Å²) in [6.07, 6.45) is 1.84. The van der Waals surface area contributed by atoms with E-state index in [4.69, 9.17) is 14.2 Å². The molecule has 6 nitrogen and oxygen atoms in total. The van der Waals surface area contributed by atoms with Crippen LogP contribution in [0, 0.1) is 5.92 Å². The lowest BCUT2D eigenvalue weighted by molar-refractivity contribution is 0.0668. The molecule has 1 saturated heterocycles. The molecule has 0 amide bonds. The Hall–Kier alpha value is -3.32. The van der Waals surface area contributed by atoms with E-state index >= 15 is 0 Å². The Balaban J connectivity index is 1.35. The van der Waals surface area contributed by atoms with Crippen LogP contribution in [0.1, 0.15) is 28.5 Å². The minimum absolute atomic E-state index is 0.0346. The van der Waals surface area contributed by atoms with E-state index < -0.39 is 0 Å². The molecule has 1 N–H and O–H groups in total. The number of fused-ring (bicyclic) bond motifs is 1. The zero-order valence-electron chi connectivity index (χ0n) is 19.2. The van der Waals surface area contributed by atoms with Crippen LogP contribution in [0.2, 0.25) is 0 Å². The Morgan fingerprint density at radius 3 is 2.59 bits per heavy atom. The number of phenolic OH excluding ortho intramolecular Hbond substituents is 1. The molecule has 178 valence electrons. The quantitative estimate of drug-likeness (QED) is 0.534. The van der Waals surface area contributed by atoms with E-state index in [-0.39, 0.29) is 30.2 Å². The van der Waals surface area contributed by atoms with Gasteiger partial charge in [-0.2, -0.15) is 0 Å². The molecule has 7 heteroatoms. The lowest BCUT2D eigenvalue weighted by Crippen LogP contribution is -2.49. The minimum Gasteiger partial charge on any atom is -0.508 e. The summed E-state index contributed by atoms with van der Waals surface area (Å²) in [6, 6.07) is 17.4. The van der Waals surface area contributed by atoms with Crippen LogP contribution in [0.15, 0.2) is 60.8 Å². The van der Waals surface area contributed by atoms with Crippen molar-refractivity contribution in [2.75, 3.05) is 46.6 Å². The summed E-state index contributed by atoms with van der Waals surface area (Å²) in [5.41, 5.74) is 3.22. The van der Waals surface area contributed by atoms with Crippen molar-refractivity contribution in [1.82, 2.24) is 9.88 Å². The van der Waals surface area contributed by atoms with Crippen molar-refractivity contribution in [3.63, 3.8) is 0 Å². The topological polar surface area (TPSA) is 64.1 Å². The van der Waals surface area contributed by atoms with Crippen LogP contribution >= 0.6 is 0 Å². The molecule has 0 spiro atoms. The average molecular weight is 465 g/mol. The second-order valence-electron chi connectivity index (χ2n) is 8.95. The molecule has 5 rings (SSSR count). The maximum absolute atomic E-state index is 12.6. The van der Waals surface area contributed by atoms with Crippen LogP contribution in [-0.4, -0.2) is 61.6 Å². The number of aromatic nitrogens is 1. The van der Waals surface area contributed by atoms with Crippen LogP contribution in [0.3, 0.4) is 0 Å². The molecule has 0 saturated carbocycles. The number of pyridine rings is 1. The van der Waals surface area contributed by atoms with E-state index in [0.29, 0.717) is 24.8 Å². The van der Waals surface area contributed by atoms with Gasteiger partial charge in [-0.05, 0) is 29.3 Å². The Bertz CT molecular complexity index is 1100. The monoisotopic (exact) mass is 464 g/mol. The highest BCUT2D eigenvalue weighted by atomic mass is 19.1. The molecule has 2 aliphatic heterocycles. The molecule has 0 bridgehead atoms. The number of ether oxygens (including phenoxy) is 3. The van der Waals surface area contributed by atoms with Crippen LogP contribution < -0.4 is 14.2 Å². The van der Waals surface area contributed by atoms with Gasteiger partial charge >= 0.3 is 0 Å². The summed E-state index contributed by atoms with van der Waals surface area (Å²) >= 11 is 0. The van der Waals surface area contributed by atoms with Gasteiger partial charge in [-0.3, -0.25) is 9.29 Å². The molecule has 3 heterocycles. The largest absolute Gasteiger partial charge is 0.508 e. The van der Waals surface area contributed by atoms with Gasteiger partial charge in [-0.25, -0.2) is 4.98 Å². The third kappa shape index (κ3) is 4.66. The van der Waals surface area contributed by atoms with Crippen molar-refractivity contribution in [3.05, 3.63) is 77.5 Å². The molecule has 0 radical (unpaired) electrons. The van der Waals surface area contributed by atoms with E-state index in [1.165, 1.54) is 0 Å². The van der Waals surface area contributed by atoms with Crippen LogP contribution in [0.4, 0.5) is 4.39 Å². The first kappa shape index (κ1) is 22.5. The van der Waals surface area contributed by atoms with Crippen molar-refractivity contribution in [2.24, 2.45) is 5.92 Å². The van der Waals surface area contributed by atoms with Crippen molar-refractivity contribution >= 4 is 0 Å². The smallest absolute Gasteiger partial charge is 0.212 e. The molecule has 2 aliphatic rings. The molecule has 1 aromatic heterocycles. The van der Waals surface area contributed by atoms with Crippen LogP contribution in [-0.2, 0) is 0 Å². The maximum atomic E-state index is 12.6. The fourth-order valence-corrected chi connectivity index (χ4v) is 4.85. The average Bonchev–Trinajstić information content (AvgIpc) is 2.85. The highest BCUT2D eigenvalue weighted by Gasteiger charge is 2.34. The first-order valence-corrected chi connectivity index (χ1v) is 11.6. The maximum Gasteiger partial charge on any atom is 0.212 e. The van der Waals surface area contributed by atoms with E-state index in [9.17, 15) is 9.50 Å². The van der Waals surface area contributed by atoms with Gasteiger partial charge in [0, 0.05) is 61.3 Å². The van der Waals surface area contributed by atoms with Gasteiger partial charge in [0.2, 0.25) is 5.88 Å². The first-order chi connectivity index (χ1) is 16.6. The summed E-state index contributed by atoms with van der Waals surface area (Å²) in [4.78, 5) is 6.60. The van der Waals surface area contributed by atoms with Gasteiger partial charge in [0.25, 0.3) is 0 Å². The summed E-state index contributed by atoms with van der Waals surface area (Å²) in [5, 5.41) is 9.95. The number of likely N-dealkylation sites (tertiary alicyclic amines) is 1. The molecule has 1 fully saturated rings. The second kappa shape index (κ2) is 9.89. The zero-order chi connectivity index (χ0) is 23.5. The number of hydrogen-bond donors (Lipinski definition) is 1. The van der Waals surface area contributed by atoms with Crippen LogP contribution in [0.5, 0.6) is 23.1 Å². The molecule has 34 heavy (non-hydrogen) atoms. The number of phenols is 1.